The van der Waals surface area contributed by atoms with Crippen molar-refractivity contribution in [3.05, 3.63) is 48.0 Å². The molecule has 1 N–H and O–H groups in total. The molecular formula is C23H28N2O5. The number of methoxy groups -OCH3 is 1. The van der Waals surface area contributed by atoms with Crippen molar-refractivity contribution in [1.29, 1.82) is 0 Å². The molecule has 7 nitrogen and oxygen atoms in total. The molecule has 0 aliphatic carbocycles. The molecule has 0 saturated carbocycles. The van der Waals surface area contributed by atoms with Crippen LogP contribution in [0.3, 0.4) is 0 Å². The monoisotopic (exact) mass is 412 g/mol. The average Bonchev–Trinajstić information content (AvgIpc) is 3.03. The highest BCUT2D eigenvalue weighted by molar-refractivity contribution is 6.22. The van der Waals surface area contributed by atoms with Crippen LogP contribution >= 0.6 is 0 Å². The van der Waals surface area contributed by atoms with E-state index < -0.39 is 6.04 Å². The summed E-state index contributed by atoms with van der Waals surface area (Å²) in [5.74, 6) is 1.68. The summed E-state index contributed by atoms with van der Waals surface area (Å²) in [6.07, 6.45) is 0.853. The molecule has 160 valence electrons. The van der Waals surface area contributed by atoms with Gasteiger partial charge in [0.05, 0.1) is 38.5 Å². The van der Waals surface area contributed by atoms with E-state index >= 15 is 0 Å². The number of hydrogen-bond acceptors (Lipinski definition) is 6. The molecular weight excluding hydrogens is 384 g/mol. The Morgan fingerprint density at radius 3 is 2.37 bits per heavy atom. The van der Waals surface area contributed by atoms with E-state index in [4.69, 9.17) is 14.2 Å². The quantitative estimate of drug-likeness (QED) is 0.605. The first-order valence-electron chi connectivity index (χ1n) is 10.2. The van der Waals surface area contributed by atoms with E-state index in [2.05, 4.69) is 5.32 Å². The van der Waals surface area contributed by atoms with Crippen LogP contribution in [0, 0.1) is 0 Å². The minimum Gasteiger partial charge on any atom is -0.497 e. The topological polar surface area (TPSA) is 77.1 Å². The normalized spacial score (nSPS) is 16.1. The number of nitrogens with zero attached hydrogens (tertiary/aromatic N) is 1. The summed E-state index contributed by atoms with van der Waals surface area (Å²) in [5, 5.41) is 3.21. The molecule has 0 spiro atoms. The number of nitrogens with one attached hydrogen (secondary N) is 1. The zero-order valence-corrected chi connectivity index (χ0v) is 17.6. The molecule has 7 heteroatoms. The number of carbonyl (C=O) groups excluding carboxylic acids is 2. The van der Waals surface area contributed by atoms with Gasteiger partial charge in [-0.2, -0.15) is 0 Å². The van der Waals surface area contributed by atoms with E-state index in [0.717, 1.165) is 17.1 Å². The second kappa shape index (κ2) is 10.1. The molecule has 3 rings (SSSR count). The van der Waals surface area contributed by atoms with Gasteiger partial charge in [0.25, 0.3) is 5.91 Å². The molecule has 0 unspecified atom stereocenters. The molecule has 1 atom stereocenters. The Morgan fingerprint density at radius 1 is 1.00 bits per heavy atom. The van der Waals surface area contributed by atoms with Gasteiger partial charge in [0.1, 0.15) is 5.75 Å². The molecule has 2 aromatic rings. The Labute approximate surface area is 176 Å². The number of rotatable bonds is 10. The smallest absolute Gasteiger partial charge is 0.251 e. The van der Waals surface area contributed by atoms with Crippen molar-refractivity contribution in [3.8, 4) is 17.2 Å². The zero-order chi connectivity index (χ0) is 21.5. The van der Waals surface area contributed by atoms with Gasteiger partial charge in [0, 0.05) is 0 Å². The van der Waals surface area contributed by atoms with Crippen LogP contribution in [0.2, 0.25) is 0 Å². The van der Waals surface area contributed by atoms with Crippen LogP contribution in [0.15, 0.2) is 42.5 Å². The number of carbonyl (C=O) groups is 2. The molecule has 0 aromatic heterocycles. The first-order chi connectivity index (χ1) is 14.6. The summed E-state index contributed by atoms with van der Waals surface area (Å²) >= 11 is 0. The van der Waals surface area contributed by atoms with Crippen molar-refractivity contribution in [1.82, 2.24) is 5.32 Å². The molecule has 0 bridgehead atoms. The fourth-order valence-corrected chi connectivity index (χ4v) is 3.44. The zero-order valence-electron chi connectivity index (χ0n) is 17.6. The Bertz CT molecular complexity index is 882. The lowest BCUT2D eigenvalue weighted by Gasteiger charge is -2.16. The predicted molar refractivity (Wildman–Crippen MR) is 114 cm³/mol. The third-order valence-electron chi connectivity index (χ3n) is 4.89. The maximum atomic E-state index is 12.7. The van der Waals surface area contributed by atoms with E-state index in [0.29, 0.717) is 37.6 Å². The fourth-order valence-electron chi connectivity index (χ4n) is 3.44. The number of amides is 2. The highest BCUT2D eigenvalue weighted by Crippen LogP contribution is 2.29. The van der Waals surface area contributed by atoms with Crippen LogP contribution in [0.4, 0.5) is 5.69 Å². The Kier molecular flexibility index (Phi) is 7.30. The second-order valence-corrected chi connectivity index (χ2v) is 6.87. The van der Waals surface area contributed by atoms with Crippen molar-refractivity contribution in [2.75, 3.05) is 31.8 Å². The van der Waals surface area contributed by atoms with Crippen molar-refractivity contribution in [2.24, 2.45) is 0 Å². The Hall–Kier alpha value is -3.06. The molecule has 2 amide bonds. The maximum Gasteiger partial charge on any atom is 0.251 e. The second-order valence-electron chi connectivity index (χ2n) is 6.87. The van der Waals surface area contributed by atoms with Crippen LogP contribution in [0.1, 0.15) is 25.8 Å². The molecule has 30 heavy (non-hydrogen) atoms. The van der Waals surface area contributed by atoms with Gasteiger partial charge in [-0.05, 0) is 68.8 Å². The summed E-state index contributed by atoms with van der Waals surface area (Å²) in [4.78, 5) is 26.4. The minimum atomic E-state index is -0.520. The van der Waals surface area contributed by atoms with Crippen LogP contribution in [-0.2, 0) is 16.0 Å². The first kappa shape index (κ1) is 21.6. The lowest BCUT2D eigenvalue weighted by atomic mass is 10.1. The van der Waals surface area contributed by atoms with E-state index in [1.165, 1.54) is 4.90 Å². The number of anilines is 1. The van der Waals surface area contributed by atoms with Crippen LogP contribution in [0.5, 0.6) is 17.2 Å². The number of ether oxygens (including phenoxy) is 3. The van der Waals surface area contributed by atoms with Crippen molar-refractivity contribution < 1.29 is 23.8 Å². The largest absolute Gasteiger partial charge is 0.497 e. The van der Waals surface area contributed by atoms with Gasteiger partial charge in [-0.25, -0.2) is 4.90 Å². The van der Waals surface area contributed by atoms with E-state index in [-0.39, 0.29) is 18.2 Å². The van der Waals surface area contributed by atoms with E-state index in [1.54, 1.807) is 31.4 Å². The molecule has 1 aliphatic heterocycles. The predicted octanol–water partition coefficient (Wildman–Crippen LogP) is 2.96. The standard InChI is InChI=1S/C23H28N2O5/c1-4-29-20-11-6-16(14-21(20)30-5-2)12-13-24-19-15-22(26)25(23(19)27)17-7-9-18(28-3)10-8-17/h6-11,14,19,24H,4-5,12-13,15H2,1-3H3/t19-/m1/s1. The molecule has 1 saturated heterocycles. The summed E-state index contributed by atoms with van der Waals surface area (Å²) in [5.41, 5.74) is 1.63. The SMILES string of the molecule is CCOc1ccc(CCN[C@@H]2CC(=O)N(c3ccc(OC)cc3)C2=O)cc1OCC. The minimum absolute atomic E-state index is 0.151. The molecule has 2 aromatic carbocycles. The number of hydrogen-bond donors (Lipinski definition) is 1. The van der Waals surface area contributed by atoms with Gasteiger partial charge in [0.2, 0.25) is 5.91 Å². The van der Waals surface area contributed by atoms with E-state index in [9.17, 15) is 9.59 Å². The summed E-state index contributed by atoms with van der Waals surface area (Å²) in [6.45, 7) is 5.56. The Morgan fingerprint density at radius 2 is 1.70 bits per heavy atom. The van der Waals surface area contributed by atoms with Crippen molar-refractivity contribution >= 4 is 17.5 Å². The number of imide groups is 1. The maximum absolute atomic E-state index is 12.7. The molecule has 1 heterocycles. The van der Waals surface area contributed by atoms with Crippen molar-refractivity contribution in [2.45, 2.75) is 32.7 Å². The van der Waals surface area contributed by atoms with Crippen LogP contribution in [0.25, 0.3) is 0 Å². The summed E-state index contributed by atoms with van der Waals surface area (Å²) in [6, 6.07) is 12.2. The molecule has 1 aliphatic rings. The Balaban J connectivity index is 1.59. The fraction of sp³-hybridized carbons (Fsp3) is 0.391. The average molecular weight is 412 g/mol. The van der Waals surface area contributed by atoms with Crippen LogP contribution < -0.4 is 24.4 Å². The highest BCUT2D eigenvalue weighted by atomic mass is 16.5. The van der Waals surface area contributed by atoms with Gasteiger partial charge in [0.15, 0.2) is 11.5 Å². The molecule has 0 radical (unpaired) electrons. The molecule has 1 fully saturated rings. The lowest BCUT2D eigenvalue weighted by molar-refractivity contribution is -0.121. The van der Waals surface area contributed by atoms with Crippen LogP contribution in [-0.4, -0.2) is 44.7 Å². The van der Waals surface area contributed by atoms with Gasteiger partial charge in [-0.3, -0.25) is 9.59 Å². The first-order valence-corrected chi connectivity index (χ1v) is 10.2. The summed E-state index contributed by atoms with van der Waals surface area (Å²) in [7, 11) is 1.57. The van der Waals surface area contributed by atoms with Gasteiger partial charge < -0.3 is 19.5 Å². The van der Waals surface area contributed by atoms with Gasteiger partial charge >= 0.3 is 0 Å². The van der Waals surface area contributed by atoms with Gasteiger partial charge in [-0.15, -0.1) is 0 Å². The highest BCUT2D eigenvalue weighted by Gasteiger charge is 2.39. The lowest BCUT2D eigenvalue weighted by Crippen LogP contribution is -2.39. The summed E-state index contributed by atoms with van der Waals surface area (Å²) < 4.78 is 16.4. The van der Waals surface area contributed by atoms with Crippen molar-refractivity contribution in [3.63, 3.8) is 0 Å². The third kappa shape index (κ3) is 4.91. The van der Waals surface area contributed by atoms with E-state index in [1.807, 2.05) is 32.0 Å². The van der Waals surface area contributed by atoms with Gasteiger partial charge in [-0.1, -0.05) is 6.07 Å². The number of benzene rings is 2. The third-order valence-corrected chi connectivity index (χ3v) is 4.89.